The Kier molecular flexibility index (Phi) is 5.77. The van der Waals surface area contributed by atoms with Gasteiger partial charge in [0.15, 0.2) is 0 Å². The fourth-order valence-electron chi connectivity index (χ4n) is 9.04. The quantitative estimate of drug-likeness (QED) is 0.134. The summed E-state index contributed by atoms with van der Waals surface area (Å²) in [7, 11) is 0. The minimum atomic E-state index is 0.908. The number of rotatable bonds is 5. The van der Waals surface area contributed by atoms with Crippen LogP contribution in [0.1, 0.15) is 0 Å². The predicted molar refractivity (Wildman–Crippen MR) is 223 cm³/mol. The second kappa shape index (κ2) is 10.7. The summed E-state index contributed by atoms with van der Waals surface area (Å²) < 4.78 is 9.13. The normalized spacial score (nSPS) is 12.2. The summed E-state index contributed by atoms with van der Waals surface area (Å²) in [6, 6.07) is 65.7. The van der Waals surface area contributed by atoms with Crippen LogP contribution in [0.2, 0.25) is 0 Å². The number of para-hydroxylation sites is 2. The zero-order chi connectivity index (χ0) is 34.6. The summed E-state index contributed by atoms with van der Waals surface area (Å²) in [5.41, 5.74) is 11.0. The third-order valence-electron chi connectivity index (χ3n) is 11.2. The van der Waals surface area contributed by atoms with Crippen LogP contribution in [0.15, 0.2) is 186 Å². The molecular formula is C50H30N2O. The number of nitrogens with zero attached hydrogens (tertiary/aromatic N) is 2. The van der Waals surface area contributed by atoms with Crippen LogP contribution in [0, 0.1) is 0 Å². The smallest absolute Gasteiger partial charge is 0.138 e. The molecule has 0 aliphatic carbocycles. The maximum absolute atomic E-state index is 6.68. The van der Waals surface area contributed by atoms with E-state index in [1.165, 1.54) is 65.1 Å². The third kappa shape index (κ3) is 3.99. The zero-order valence-corrected chi connectivity index (χ0v) is 28.6. The van der Waals surface area contributed by atoms with Gasteiger partial charge < -0.3 is 13.9 Å². The van der Waals surface area contributed by atoms with Crippen LogP contribution in [0.25, 0.3) is 92.9 Å². The number of benzene rings is 10. The Morgan fingerprint density at radius 3 is 1.85 bits per heavy atom. The van der Waals surface area contributed by atoms with Gasteiger partial charge in [-0.15, -0.1) is 0 Å². The Morgan fingerprint density at radius 2 is 1.00 bits per heavy atom. The van der Waals surface area contributed by atoms with E-state index < -0.39 is 0 Å². The van der Waals surface area contributed by atoms with Crippen molar-refractivity contribution in [2.45, 2.75) is 0 Å². The minimum Gasteiger partial charge on any atom is -0.456 e. The molecule has 0 amide bonds. The van der Waals surface area contributed by atoms with E-state index in [1.807, 2.05) is 0 Å². The van der Waals surface area contributed by atoms with E-state index in [1.54, 1.807) is 0 Å². The van der Waals surface area contributed by atoms with Crippen molar-refractivity contribution in [3.63, 3.8) is 0 Å². The molecule has 3 heteroatoms. The van der Waals surface area contributed by atoms with Crippen molar-refractivity contribution in [3.05, 3.63) is 182 Å². The second-order valence-corrected chi connectivity index (χ2v) is 14.1. The van der Waals surface area contributed by atoms with Crippen molar-refractivity contribution in [1.82, 2.24) is 4.57 Å². The maximum Gasteiger partial charge on any atom is 0.138 e. The maximum atomic E-state index is 6.68. The molecule has 0 saturated carbocycles. The summed E-state index contributed by atoms with van der Waals surface area (Å²) in [5, 5.41) is 12.7. The molecule has 12 aromatic rings. The van der Waals surface area contributed by atoms with Crippen LogP contribution in [0.4, 0.5) is 17.1 Å². The molecule has 12 rings (SSSR count). The van der Waals surface area contributed by atoms with Crippen LogP contribution in [-0.2, 0) is 0 Å². The Labute approximate surface area is 304 Å². The highest BCUT2D eigenvalue weighted by Crippen LogP contribution is 2.51. The van der Waals surface area contributed by atoms with E-state index in [0.717, 1.165) is 44.8 Å². The molecule has 2 aromatic heterocycles. The number of anilines is 3. The van der Waals surface area contributed by atoms with Gasteiger partial charge in [-0.2, -0.15) is 0 Å². The summed E-state index contributed by atoms with van der Waals surface area (Å²) in [4.78, 5) is 2.35. The van der Waals surface area contributed by atoms with Gasteiger partial charge in [0, 0.05) is 61.1 Å². The topological polar surface area (TPSA) is 21.3 Å². The standard InChI is InChI=1S/C50H30N2O/c1-3-11-31(12-4-1)32-23-26-36(27-24-32)51(35-14-5-2-6-15-35)37-16-10-17-38(29-37)52-41-28-25-34-22-21-33-13-9-19-40-45(33)46(34)49(41)50-42(52)30-44-47(48(40)50)39-18-7-8-20-43(39)53-44/h1-30H. The molecule has 0 saturated heterocycles. The largest absolute Gasteiger partial charge is 0.456 e. The van der Waals surface area contributed by atoms with E-state index in [2.05, 4.69) is 191 Å². The summed E-state index contributed by atoms with van der Waals surface area (Å²) >= 11 is 0. The lowest BCUT2D eigenvalue weighted by molar-refractivity contribution is 0.669. The van der Waals surface area contributed by atoms with Gasteiger partial charge in [-0.3, -0.25) is 0 Å². The van der Waals surface area contributed by atoms with Gasteiger partial charge >= 0.3 is 0 Å². The minimum absolute atomic E-state index is 0.908. The molecule has 0 aliphatic heterocycles. The first-order chi connectivity index (χ1) is 26.3. The summed E-state index contributed by atoms with van der Waals surface area (Å²) in [6.07, 6.45) is 0. The zero-order valence-electron chi connectivity index (χ0n) is 28.6. The Morgan fingerprint density at radius 1 is 0.358 bits per heavy atom. The van der Waals surface area contributed by atoms with Crippen LogP contribution in [0.3, 0.4) is 0 Å². The van der Waals surface area contributed by atoms with Crippen molar-refractivity contribution in [1.29, 1.82) is 0 Å². The van der Waals surface area contributed by atoms with Gasteiger partial charge in [-0.25, -0.2) is 0 Å². The van der Waals surface area contributed by atoms with Gasteiger partial charge in [0.05, 0.1) is 11.0 Å². The van der Waals surface area contributed by atoms with E-state index >= 15 is 0 Å². The lowest BCUT2D eigenvalue weighted by Gasteiger charge is -2.26. The summed E-state index contributed by atoms with van der Waals surface area (Å²) in [6.45, 7) is 0. The van der Waals surface area contributed by atoms with Gasteiger partial charge in [-0.1, -0.05) is 121 Å². The van der Waals surface area contributed by atoms with E-state index in [-0.39, 0.29) is 0 Å². The van der Waals surface area contributed by atoms with Crippen LogP contribution in [-0.4, -0.2) is 4.57 Å². The molecule has 0 aliphatic rings. The molecule has 10 aromatic carbocycles. The molecule has 2 heterocycles. The van der Waals surface area contributed by atoms with E-state index in [9.17, 15) is 0 Å². The van der Waals surface area contributed by atoms with Crippen molar-refractivity contribution < 1.29 is 4.42 Å². The van der Waals surface area contributed by atoms with Crippen molar-refractivity contribution >= 4 is 93.1 Å². The van der Waals surface area contributed by atoms with Crippen LogP contribution < -0.4 is 4.90 Å². The highest BCUT2D eigenvalue weighted by atomic mass is 16.3. The molecule has 3 nitrogen and oxygen atoms in total. The van der Waals surface area contributed by atoms with Crippen LogP contribution in [0.5, 0.6) is 0 Å². The van der Waals surface area contributed by atoms with Gasteiger partial charge in [0.1, 0.15) is 11.2 Å². The predicted octanol–water partition coefficient (Wildman–Crippen LogP) is 14.2. The highest BCUT2D eigenvalue weighted by Gasteiger charge is 2.26. The number of aromatic nitrogens is 1. The fraction of sp³-hybridized carbons (Fsp3) is 0. The molecule has 0 atom stereocenters. The number of hydrogen-bond donors (Lipinski definition) is 0. The molecule has 53 heavy (non-hydrogen) atoms. The number of hydrogen-bond acceptors (Lipinski definition) is 2. The highest BCUT2D eigenvalue weighted by molar-refractivity contribution is 6.45. The first-order valence-electron chi connectivity index (χ1n) is 18.2. The molecule has 246 valence electrons. The average Bonchev–Trinajstić information content (AvgIpc) is 3.77. The molecular weight excluding hydrogens is 645 g/mol. The number of fused-ring (bicyclic) bond motifs is 5. The first kappa shape index (κ1) is 28.6. The monoisotopic (exact) mass is 674 g/mol. The average molecular weight is 675 g/mol. The molecule has 0 spiro atoms. The lowest BCUT2D eigenvalue weighted by Crippen LogP contribution is -2.10. The van der Waals surface area contributed by atoms with Crippen molar-refractivity contribution in [2.24, 2.45) is 0 Å². The molecule has 0 fully saturated rings. The van der Waals surface area contributed by atoms with Crippen molar-refractivity contribution in [2.75, 3.05) is 4.90 Å². The molecule has 0 N–H and O–H groups in total. The Balaban J connectivity index is 1.15. The molecule has 0 radical (unpaired) electrons. The van der Waals surface area contributed by atoms with E-state index in [0.29, 0.717) is 0 Å². The SMILES string of the molecule is c1ccc(-c2ccc(N(c3ccccc3)c3cccc(-n4c5ccc6ccc7cccc8c7c6c5c5c8c6c(cc54)oc4ccccc46)c3)cc2)cc1. The van der Waals surface area contributed by atoms with Gasteiger partial charge in [0.25, 0.3) is 0 Å². The number of furan rings is 1. The summed E-state index contributed by atoms with van der Waals surface area (Å²) in [5.74, 6) is 0. The van der Waals surface area contributed by atoms with E-state index in [4.69, 9.17) is 4.42 Å². The Bertz CT molecular complexity index is 3320. The second-order valence-electron chi connectivity index (χ2n) is 14.1. The Hall–Kier alpha value is -7.10. The first-order valence-corrected chi connectivity index (χ1v) is 18.2. The van der Waals surface area contributed by atoms with Gasteiger partial charge in [-0.05, 0) is 87.3 Å². The fourth-order valence-corrected chi connectivity index (χ4v) is 9.04. The molecule has 0 unspecified atom stereocenters. The lowest BCUT2D eigenvalue weighted by atomic mass is 9.88. The van der Waals surface area contributed by atoms with Crippen molar-refractivity contribution in [3.8, 4) is 16.8 Å². The molecule has 0 bridgehead atoms. The third-order valence-corrected chi connectivity index (χ3v) is 11.2. The van der Waals surface area contributed by atoms with Gasteiger partial charge in [0.2, 0.25) is 0 Å². The van der Waals surface area contributed by atoms with Crippen LogP contribution >= 0.6 is 0 Å².